The largest absolute Gasteiger partial charge is 0.306 e. The second-order valence-electron chi connectivity index (χ2n) is 17.5. The molecule has 2 aliphatic heterocycles. The van der Waals surface area contributed by atoms with Crippen LogP contribution in [0.2, 0.25) is 0 Å². The highest BCUT2D eigenvalue weighted by Crippen LogP contribution is 2.52. The van der Waals surface area contributed by atoms with Gasteiger partial charge in [0.2, 0.25) is 0 Å². The van der Waals surface area contributed by atoms with E-state index in [1.807, 2.05) is 22.7 Å². The number of carbonyl (C=O) groups excluding carboxylic acids is 2. The number of aryl methyl sites for hydroxylation is 2. The van der Waals surface area contributed by atoms with Crippen LogP contribution in [0.4, 0.5) is 0 Å². The van der Waals surface area contributed by atoms with Gasteiger partial charge in [0.15, 0.2) is 0 Å². The van der Waals surface area contributed by atoms with Crippen molar-refractivity contribution in [3.8, 4) is 19.5 Å². The first-order valence-electron chi connectivity index (χ1n) is 22.5. The predicted molar refractivity (Wildman–Crippen MR) is 255 cm³/mol. The molecule has 58 heavy (non-hydrogen) atoms. The number of hydrogen-bond acceptors (Lipinski definition) is 6. The van der Waals surface area contributed by atoms with Gasteiger partial charge in [-0.05, 0) is 111 Å². The first-order chi connectivity index (χ1) is 27.9. The van der Waals surface area contributed by atoms with E-state index in [0.717, 1.165) is 98.2 Å². The maximum atomic E-state index is 15.4. The third-order valence-electron chi connectivity index (χ3n) is 12.1. The Balaban J connectivity index is 1.53. The summed E-state index contributed by atoms with van der Waals surface area (Å²) in [6.07, 6.45) is 13.5. The minimum atomic E-state index is 0.0144. The molecule has 314 valence electrons. The zero-order chi connectivity index (χ0) is 41.7. The van der Waals surface area contributed by atoms with E-state index < -0.39 is 0 Å². The Morgan fingerprint density at radius 3 is 1.10 bits per heavy atom. The van der Waals surface area contributed by atoms with Crippen LogP contribution >= 0.6 is 45.3 Å². The summed E-state index contributed by atoms with van der Waals surface area (Å²) in [5, 5.41) is 0. The van der Waals surface area contributed by atoms with Gasteiger partial charge in [-0.1, -0.05) is 107 Å². The van der Waals surface area contributed by atoms with Crippen molar-refractivity contribution >= 4 is 68.6 Å². The number of thiophene rings is 4. The summed E-state index contributed by atoms with van der Waals surface area (Å²) in [5.74, 6) is 1.75. The van der Waals surface area contributed by atoms with E-state index in [4.69, 9.17) is 0 Å². The maximum Gasteiger partial charge on any atom is 0.261 e. The molecule has 2 amide bonds. The third kappa shape index (κ3) is 9.56. The van der Waals surface area contributed by atoms with Crippen LogP contribution < -0.4 is 0 Å². The fraction of sp³-hybridized carbons (Fsp3) is 0.560. The lowest BCUT2D eigenvalue weighted by molar-refractivity contribution is -0.124. The molecular weight excluding hydrogens is 789 g/mol. The van der Waals surface area contributed by atoms with Crippen LogP contribution in [-0.4, -0.2) is 34.7 Å². The number of fused-ring (bicyclic) bond motifs is 1. The van der Waals surface area contributed by atoms with Crippen LogP contribution in [0.1, 0.15) is 175 Å². The molecule has 4 aromatic rings. The molecule has 8 heteroatoms. The monoisotopic (exact) mass is 856 g/mol. The van der Waals surface area contributed by atoms with E-state index in [9.17, 15) is 0 Å². The predicted octanol–water partition coefficient (Wildman–Crippen LogP) is 15.9. The number of nitrogens with zero attached hydrogens (tertiary/aromatic N) is 2. The highest BCUT2D eigenvalue weighted by Gasteiger charge is 2.50. The van der Waals surface area contributed by atoms with Crippen molar-refractivity contribution in [1.29, 1.82) is 0 Å². The molecule has 4 nitrogen and oxygen atoms in total. The Hall–Kier alpha value is -2.78. The van der Waals surface area contributed by atoms with Crippen molar-refractivity contribution in [3.05, 3.63) is 78.2 Å². The van der Waals surface area contributed by atoms with Crippen molar-refractivity contribution < 1.29 is 9.59 Å². The molecule has 0 fully saturated rings. The van der Waals surface area contributed by atoms with Crippen molar-refractivity contribution in [3.63, 3.8) is 0 Å². The molecule has 0 unspecified atom stereocenters. The molecule has 0 radical (unpaired) electrons. The fourth-order valence-corrected chi connectivity index (χ4v) is 13.6. The second kappa shape index (κ2) is 20.2. The van der Waals surface area contributed by atoms with Crippen LogP contribution in [0.25, 0.3) is 30.9 Å². The van der Waals surface area contributed by atoms with Gasteiger partial charge in [-0.15, -0.1) is 45.3 Å². The number of carbonyl (C=O) groups is 2. The normalized spacial score (nSPS) is 14.8. The smallest absolute Gasteiger partial charge is 0.261 e. The number of amides is 2. The van der Waals surface area contributed by atoms with E-state index in [2.05, 4.69) is 115 Å². The van der Waals surface area contributed by atoms with Gasteiger partial charge < -0.3 is 9.80 Å². The van der Waals surface area contributed by atoms with Gasteiger partial charge in [-0.3, -0.25) is 9.59 Å². The molecule has 0 saturated heterocycles. The van der Waals surface area contributed by atoms with E-state index in [0.29, 0.717) is 47.9 Å². The average molecular weight is 857 g/mol. The molecule has 6 heterocycles. The summed E-state index contributed by atoms with van der Waals surface area (Å²) in [7, 11) is 0. The number of rotatable bonds is 22. The van der Waals surface area contributed by atoms with Crippen LogP contribution in [0, 0.1) is 25.7 Å². The topological polar surface area (TPSA) is 40.6 Å². The number of unbranched alkanes of at least 4 members (excludes halogenated alkanes) is 4. The molecule has 4 aromatic heterocycles. The average Bonchev–Trinajstić information content (AvgIpc) is 4.06. The molecule has 6 rings (SSSR count). The minimum absolute atomic E-state index is 0.0144. The Bertz CT molecular complexity index is 1940. The van der Waals surface area contributed by atoms with Crippen LogP contribution in [0.3, 0.4) is 0 Å². The lowest BCUT2D eigenvalue weighted by Gasteiger charge is -2.29. The zero-order valence-corrected chi connectivity index (χ0v) is 40.3. The summed E-state index contributed by atoms with van der Waals surface area (Å²) < 4.78 is 0. The second-order valence-corrected chi connectivity index (χ2v) is 21.9. The molecule has 0 saturated carbocycles. The highest BCUT2D eigenvalue weighted by atomic mass is 32.1. The first kappa shape index (κ1) is 44.8. The van der Waals surface area contributed by atoms with Gasteiger partial charge in [0.1, 0.15) is 0 Å². The van der Waals surface area contributed by atoms with Gasteiger partial charge >= 0.3 is 0 Å². The molecule has 0 aromatic carbocycles. The van der Waals surface area contributed by atoms with Crippen molar-refractivity contribution in [2.24, 2.45) is 11.8 Å². The molecular formula is C50H68N2O2S4. The van der Waals surface area contributed by atoms with Gasteiger partial charge in [0.05, 0.1) is 32.3 Å². The van der Waals surface area contributed by atoms with Gasteiger partial charge in [-0.2, -0.15) is 0 Å². The molecule has 0 aliphatic carbocycles. The van der Waals surface area contributed by atoms with E-state index >= 15 is 9.59 Å². The van der Waals surface area contributed by atoms with Crippen LogP contribution in [0.5, 0.6) is 0 Å². The van der Waals surface area contributed by atoms with Crippen LogP contribution in [-0.2, 0) is 9.59 Å². The zero-order valence-electron chi connectivity index (χ0n) is 37.0. The van der Waals surface area contributed by atoms with Gasteiger partial charge in [-0.25, -0.2) is 0 Å². The first-order valence-corrected chi connectivity index (χ1v) is 25.7. The standard InChI is InChI=1S/C50H68N2O2S4/c1-11-15-19-35(20-16-12-2)29-51-45(39-25-23-37(55-39)41-27-33(9)47(57-41)31(5)6)43-44(49(51)53)46(52(50(43)54)30-36(21-17-13-3)22-18-14-4)40-26-24-38(56-40)42-28-34(10)48(58-42)32(7)8/h23-28,31-32,35-36H,11-22,29-30H2,1-10H3. The Morgan fingerprint density at radius 1 is 0.483 bits per heavy atom. The molecule has 0 bridgehead atoms. The molecule has 0 spiro atoms. The Kier molecular flexibility index (Phi) is 15.6. The van der Waals surface area contributed by atoms with Crippen molar-refractivity contribution in [2.45, 2.75) is 158 Å². The Morgan fingerprint density at radius 2 is 0.810 bits per heavy atom. The summed E-state index contributed by atoms with van der Waals surface area (Å²) in [6, 6.07) is 13.5. The Labute approximate surface area is 366 Å². The number of hydrogen-bond donors (Lipinski definition) is 0. The van der Waals surface area contributed by atoms with Crippen LogP contribution in [0.15, 0.2) is 47.5 Å². The fourth-order valence-electron chi connectivity index (χ4n) is 8.98. The van der Waals surface area contributed by atoms with E-state index in [1.165, 1.54) is 40.4 Å². The quantitative estimate of drug-likeness (QED) is 0.0790. The molecule has 0 N–H and O–H groups in total. The molecule has 2 aliphatic rings. The highest BCUT2D eigenvalue weighted by molar-refractivity contribution is 7.23. The minimum Gasteiger partial charge on any atom is -0.306 e. The van der Waals surface area contributed by atoms with Gasteiger partial charge in [0, 0.05) is 42.4 Å². The van der Waals surface area contributed by atoms with Crippen molar-refractivity contribution in [2.75, 3.05) is 13.1 Å². The lowest BCUT2D eigenvalue weighted by Crippen LogP contribution is -2.34. The van der Waals surface area contributed by atoms with E-state index in [-0.39, 0.29) is 11.8 Å². The van der Waals surface area contributed by atoms with E-state index in [1.54, 1.807) is 22.7 Å². The SMILES string of the molecule is CCCCC(CCCC)CN1C(=O)C2=C(c3ccc(-c4cc(C)c(C(C)C)s4)s3)N(CC(CCCC)CCCC)C(=O)C2=C1c1ccc(-c2cc(C)c(C(C)C)s2)s1. The summed E-state index contributed by atoms with van der Waals surface area (Å²) in [4.78, 5) is 44.8. The maximum absolute atomic E-state index is 15.4. The summed E-state index contributed by atoms with van der Waals surface area (Å²) in [6.45, 7) is 23.9. The third-order valence-corrected chi connectivity index (χ3v) is 17.7. The van der Waals surface area contributed by atoms with Crippen molar-refractivity contribution in [1.82, 2.24) is 9.80 Å². The summed E-state index contributed by atoms with van der Waals surface area (Å²) in [5.41, 5.74) is 5.65. The van der Waals surface area contributed by atoms with Gasteiger partial charge in [0.25, 0.3) is 11.8 Å². The lowest BCUT2D eigenvalue weighted by atomic mass is 9.95. The molecule has 0 atom stereocenters. The summed E-state index contributed by atoms with van der Waals surface area (Å²) >= 11 is 7.26.